The first-order valence-corrected chi connectivity index (χ1v) is 9.05. The maximum atomic E-state index is 12.0. The molecule has 1 aromatic carbocycles. The minimum Gasteiger partial charge on any atom is -0.493 e. The maximum Gasteiger partial charge on any atom is 0.338 e. The zero-order valence-electron chi connectivity index (χ0n) is 13.4. The SMILES string of the molecule is COc1ccc(C(=O)OCC(=O)NC2CCS(=O)(=O)C2)cc1OC. The molecule has 1 atom stereocenters. The number of esters is 1. The van der Waals surface area contributed by atoms with E-state index in [1.54, 1.807) is 6.07 Å². The van der Waals surface area contributed by atoms with Gasteiger partial charge in [0.15, 0.2) is 27.9 Å². The first kappa shape index (κ1) is 18.1. The lowest BCUT2D eigenvalue weighted by molar-refractivity contribution is -0.124. The number of benzene rings is 1. The van der Waals surface area contributed by atoms with Gasteiger partial charge in [0.05, 0.1) is 31.3 Å². The number of carbonyl (C=O) groups is 2. The number of hydrogen-bond donors (Lipinski definition) is 1. The van der Waals surface area contributed by atoms with Crippen molar-refractivity contribution in [2.75, 3.05) is 32.3 Å². The van der Waals surface area contributed by atoms with E-state index in [1.807, 2.05) is 0 Å². The fourth-order valence-electron chi connectivity index (χ4n) is 2.36. The minimum absolute atomic E-state index is 0.0589. The highest BCUT2D eigenvalue weighted by Gasteiger charge is 2.29. The summed E-state index contributed by atoms with van der Waals surface area (Å²) in [6, 6.07) is 4.06. The number of carbonyl (C=O) groups excluding carboxylic acids is 2. The lowest BCUT2D eigenvalue weighted by atomic mass is 10.2. The van der Waals surface area contributed by atoms with Crippen LogP contribution in [0.1, 0.15) is 16.8 Å². The van der Waals surface area contributed by atoms with Crippen molar-refractivity contribution in [2.24, 2.45) is 0 Å². The van der Waals surface area contributed by atoms with Crippen molar-refractivity contribution in [2.45, 2.75) is 12.5 Å². The molecule has 24 heavy (non-hydrogen) atoms. The second-order valence-corrected chi connectivity index (χ2v) is 7.54. The van der Waals surface area contributed by atoms with Crippen molar-refractivity contribution in [1.29, 1.82) is 0 Å². The predicted molar refractivity (Wildman–Crippen MR) is 85.0 cm³/mol. The van der Waals surface area contributed by atoms with Gasteiger partial charge < -0.3 is 19.5 Å². The molecule has 0 saturated carbocycles. The van der Waals surface area contributed by atoms with Gasteiger partial charge >= 0.3 is 5.97 Å². The second-order valence-electron chi connectivity index (χ2n) is 5.31. The summed E-state index contributed by atoms with van der Waals surface area (Å²) < 4.78 is 37.7. The molecule has 8 nitrogen and oxygen atoms in total. The Labute approximate surface area is 140 Å². The molecule has 1 unspecified atom stereocenters. The summed E-state index contributed by atoms with van der Waals surface area (Å²) in [7, 11) is -0.162. The van der Waals surface area contributed by atoms with Crippen LogP contribution in [0.25, 0.3) is 0 Å². The molecule has 1 aliphatic heterocycles. The van der Waals surface area contributed by atoms with Gasteiger partial charge in [-0.2, -0.15) is 0 Å². The van der Waals surface area contributed by atoms with Crippen LogP contribution in [-0.4, -0.2) is 58.7 Å². The molecule has 0 aromatic heterocycles. The molecular formula is C15H19NO7S. The molecular weight excluding hydrogens is 338 g/mol. The van der Waals surface area contributed by atoms with Gasteiger partial charge in [-0.05, 0) is 24.6 Å². The monoisotopic (exact) mass is 357 g/mol. The Morgan fingerprint density at radius 2 is 1.92 bits per heavy atom. The van der Waals surface area contributed by atoms with E-state index in [9.17, 15) is 18.0 Å². The largest absolute Gasteiger partial charge is 0.493 e. The second kappa shape index (κ2) is 7.52. The number of methoxy groups -OCH3 is 2. The lowest BCUT2D eigenvalue weighted by Crippen LogP contribution is -2.38. The van der Waals surface area contributed by atoms with E-state index in [0.717, 1.165) is 0 Å². The lowest BCUT2D eigenvalue weighted by Gasteiger charge is -2.12. The number of hydrogen-bond acceptors (Lipinski definition) is 7. The van der Waals surface area contributed by atoms with Crippen LogP contribution < -0.4 is 14.8 Å². The summed E-state index contributed by atoms with van der Waals surface area (Å²) >= 11 is 0. The van der Waals surface area contributed by atoms with Crippen LogP contribution >= 0.6 is 0 Å². The van der Waals surface area contributed by atoms with Crippen molar-refractivity contribution in [3.8, 4) is 11.5 Å². The quantitative estimate of drug-likeness (QED) is 0.723. The number of ether oxygens (including phenoxy) is 3. The highest BCUT2D eigenvalue weighted by Crippen LogP contribution is 2.27. The summed E-state index contributed by atoms with van der Waals surface area (Å²) in [5.41, 5.74) is 0.212. The van der Waals surface area contributed by atoms with Crippen LogP contribution in [-0.2, 0) is 19.4 Å². The van der Waals surface area contributed by atoms with E-state index >= 15 is 0 Å². The molecule has 1 heterocycles. The highest BCUT2D eigenvalue weighted by molar-refractivity contribution is 7.91. The number of rotatable bonds is 6. The van der Waals surface area contributed by atoms with Crippen LogP contribution in [0.4, 0.5) is 0 Å². The molecule has 0 spiro atoms. The van der Waals surface area contributed by atoms with Gasteiger partial charge in [-0.25, -0.2) is 13.2 Å². The van der Waals surface area contributed by atoms with Gasteiger partial charge in [-0.3, -0.25) is 4.79 Å². The Hall–Kier alpha value is -2.29. The Kier molecular flexibility index (Phi) is 5.66. The van der Waals surface area contributed by atoms with E-state index in [0.29, 0.717) is 17.9 Å². The van der Waals surface area contributed by atoms with Crippen LogP contribution in [0.15, 0.2) is 18.2 Å². The normalized spacial score (nSPS) is 18.7. The summed E-state index contributed by atoms with van der Waals surface area (Å²) in [5, 5.41) is 2.54. The Balaban J connectivity index is 1.87. The Morgan fingerprint density at radius 1 is 1.21 bits per heavy atom. The van der Waals surface area contributed by atoms with Crippen molar-refractivity contribution >= 4 is 21.7 Å². The van der Waals surface area contributed by atoms with Gasteiger partial charge in [-0.1, -0.05) is 0 Å². The summed E-state index contributed by atoms with van der Waals surface area (Å²) in [5.74, 6) is -0.413. The standard InChI is InChI=1S/C15H19NO7S/c1-21-12-4-3-10(7-13(12)22-2)15(18)23-8-14(17)16-11-5-6-24(19,20)9-11/h3-4,7,11H,5-6,8-9H2,1-2H3,(H,16,17). The van der Waals surface area contributed by atoms with Crippen LogP contribution in [0, 0.1) is 0 Å². The third-order valence-electron chi connectivity index (χ3n) is 3.55. The Morgan fingerprint density at radius 3 is 2.50 bits per heavy atom. The fraction of sp³-hybridized carbons (Fsp3) is 0.467. The predicted octanol–water partition coefficient (Wildman–Crippen LogP) is 0.164. The van der Waals surface area contributed by atoms with Crippen LogP contribution in [0.2, 0.25) is 0 Å². The average Bonchev–Trinajstić information content (AvgIpc) is 2.90. The average molecular weight is 357 g/mol. The summed E-state index contributed by atoms with van der Waals surface area (Å²) in [6.45, 7) is -0.482. The molecule has 9 heteroatoms. The van der Waals surface area contributed by atoms with Crippen LogP contribution in [0.3, 0.4) is 0 Å². The maximum absolute atomic E-state index is 12.0. The molecule has 0 aliphatic carbocycles. The number of nitrogens with one attached hydrogen (secondary N) is 1. The third-order valence-corrected chi connectivity index (χ3v) is 5.32. The van der Waals surface area contributed by atoms with Gasteiger partial charge in [0.2, 0.25) is 0 Å². The first-order chi connectivity index (χ1) is 11.3. The third kappa shape index (κ3) is 4.60. The minimum atomic E-state index is -3.08. The van der Waals surface area contributed by atoms with Gasteiger partial charge in [0.25, 0.3) is 5.91 Å². The molecule has 0 bridgehead atoms. The van der Waals surface area contributed by atoms with Crippen molar-refractivity contribution in [3.63, 3.8) is 0 Å². The van der Waals surface area contributed by atoms with E-state index in [2.05, 4.69) is 5.32 Å². The molecule has 132 valence electrons. The van der Waals surface area contributed by atoms with Gasteiger partial charge in [0, 0.05) is 6.04 Å². The smallest absolute Gasteiger partial charge is 0.338 e. The zero-order chi connectivity index (χ0) is 17.7. The van der Waals surface area contributed by atoms with Crippen molar-refractivity contribution < 1.29 is 32.2 Å². The zero-order valence-corrected chi connectivity index (χ0v) is 14.2. The molecule has 1 aliphatic rings. The highest BCUT2D eigenvalue weighted by atomic mass is 32.2. The summed E-state index contributed by atoms with van der Waals surface area (Å²) in [4.78, 5) is 23.7. The van der Waals surface area contributed by atoms with E-state index in [4.69, 9.17) is 14.2 Å². The van der Waals surface area contributed by atoms with Crippen molar-refractivity contribution in [1.82, 2.24) is 5.32 Å². The molecule has 0 radical (unpaired) electrons. The van der Waals surface area contributed by atoms with E-state index in [-0.39, 0.29) is 17.1 Å². The van der Waals surface area contributed by atoms with E-state index in [1.165, 1.54) is 26.4 Å². The van der Waals surface area contributed by atoms with E-state index < -0.39 is 34.4 Å². The fourth-order valence-corrected chi connectivity index (χ4v) is 4.03. The first-order valence-electron chi connectivity index (χ1n) is 7.23. The topological polar surface area (TPSA) is 108 Å². The van der Waals surface area contributed by atoms with Crippen molar-refractivity contribution in [3.05, 3.63) is 23.8 Å². The number of amides is 1. The molecule has 1 fully saturated rings. The summed E-state index contributed by atoms with van der Waals surface area (Å²) in [6.07, 6.45) is 0.373. The van der Waals surface area contributed by atoms with Gasteiger partial charge in [-0.15, -0.1) is 0 Å². The van der Waals surface area contributed by atoms with Crippen LogP contribution in [0.5, 0.6) is 11.5 Å². The molecule has 1 aromatic rings. The van der Waals surface area contributed by atoms with Gasteiger partial charge in [0.1, 0.15) is 0 Å². The molecule has 1 saturated heterocycles. The molecule has 1 amide bonds. The molecule has 2 rings (SSSR count). The Bertz CT molecular complexity index is 729. The number of sulfone groups is 1. The molecule has 1 N–H and O–H groups in total.